The zero-order valence-electron chi connectivity index (χ0n) is 10.8. The van der Waals surface area contributed by atoms with Crippen LogP contribution in [0.5, 0.6) is 0 Å². The van der Waals surface area contributed by atoms with Gasteiger partial charge in [0.1, 0.15) is 0 Å². The molecule has 0 aromatic carbocycles. The Hall–Kier alpha value is -0.780. The highest BCUT2D eigenvalue weighted by molar-refractivity contribution is 5.78. The Morgan fingerprint density at radius 2 is 2.00 bits per heavy atom. The molecule has 2 atom stereocenters. The smallest absolute Gasteiger partial charge is 0.391 e. The number of carbonyl (C=O) groups excluding carboxylic acids is 1. The minimum Gasteiger partial charge on any atom is -0.396 e. The summed E-state index contributed by atoms with van der Waals surface area (Å²) in [6.07, 6.45) is -1.42. The molecule has 0 spiro atoms. The van der Waals surface area contributed by atoms with Crippen LogP contribution in [-0.2, 0) is 4.79 Å². The number of aliphatic hydroxyl groups is 1. The highest BCUT2D eigenvalue weighted by atomic mass is 19.4. The fourth-order valence-electron chi connectivity index (χ4n) is 2.71. The van der Waals surface area contributed by atoms with Crippen molar-refractivity contribution >= 4 is 5.91 Å². The van der Waals surface area contributed by atoms with E-state index in [2.05, 4.69) is 5.32 Å². The lowest BCUT2D eigenvalue weighted by atomic mass is 9.80. The summed E-state index contributed by atoms with van der Waals surface area (Å²) < 4.78 is 38.0. The van der Waals surface area contributed by atoms with E-state index in [9.17, 15) is 18.0 Å². The number of aliphatic hydroxyl groups excluding tert-OH is 1. The lowest BCUT2D eigenvalue weighted by molar-refractivity contribution is -0.186. The molecule has 3 nitrogen and oxygen atoms in total. The van der Waals surface area contributed by atoms with Gasteiger partial charge >= 0.3 is 6.18 Å². The summed E-state index contributed by atoms with van der Waals surface area (Å²) in [5.41, 5.74) is -0.201. The molecule has 1 amide bonds. The SMILES string of the molecule is O=C(NCC1(CO)CC1)C1CCCC(C(F)(F)F)C1. The van der Waals surface area contributed by atoms with E-state index in [0.29, 0.717) is 19.4 Å². The third kappa shape index (κ3) is 3.61. The van der Waals surface area contributed by atoms with Crippen LogP contribution in [0.3, 0.4) is 0 Å². The number of carbonyl (C=O) groups is 1. The van der Waals surface area contributed by atoms with Crippen LogP contribution in [0.1, 0.15) is 38.5 Å². The van der Waals surface area contributed by atoms with Gasteiger partial charge in [-0.25, -0.2) is 0 Å². The fraction of sp³-hybridized carbons (Fsp3) is 0.923. The maximum atomic E-state index is 12.7. The molecule has 0 heterocycles. The monoisotopic (exact) mass is 279 g/mol. The Labute approximate surface area is 110 Å². The average molecular weight is 279 g/mol. The molecule has 0 aliphatic heterocycles. The first-order valence-corrected chi connectivity index (χ1v) is 6.82. The number of halogens is 3. The van der Waals surface area contributed by atoms with E-state index >= 15 is 0 Å². The van der Waals surface area contributed by atoms with Gasteiger partial charge in [-0.05, 0) is 32.1 Å². The number of amides is 1. The van der Waals surface area contributed by atoms with Crippen LogP contribution in [0.2, 0.25) is 0 Å². The molecule has 2 unspecified atom stereocenters. The van der Waals surface area contributed by atoms with Crippen molar-refractivity contribution in [1.82, 2.24) is 5.32 Å². The van der Waals surface area contributed by atoms with E-state index in [0.717, 1.165) is 12.8 Å². The van der Waals surface area contributed by atoms with Crippen LogP contribution >= 0.6 is 0 Å². The van der Waals surface area contributed by atoms with Crippen molar-refractivity contribution in [2.75, 3.05) is 13.2 Å². The maximum absolute atomic E-state index is 12.7. The Balaban J connectivity index is 1.82. The summed E-state index contributed by atoms with van der Waals surface area (Å²) in [6, 6.07) is 0. The van der Waals surface area contributed by atoms with E-state index in [-0.39, 0.29) is 30.8 Å². The second-order valence-corrected chi connectivity index (χ2v) is 5.98. The minimum absolute atomic E-state index is 0.0309. The van der Waals surface area contributed by atoms with Gasteiger partial charge in [0, 0.05) is 17.9 Å². The summed E-state index contributed by atoms with van der Waals surface area (Å²) in [7, 11) is 0. The van der Waals surface area contributed by atoms with Crippen LogP contribution < -0.4 is 5.32 Å². The molecule has 0 aromatic rings. The number of alkyl halides is 3. The fourth-order valence-corrected chi connectivity index (χ4v) is 2.71. The predicted octanol–water partition coefficient (Wildman–Crippen LogP) is 2.24. The zero-order chi connectivity index (χ0) is 14.1. The molecule has 0 bridgehead atoms. The van der Waals surface area contributed by atoms with Crippen molar-refractivity contribution in [3.05, 3.63) is 0 Å². The van der Waals surface area contributed by atoms with Crippen molar-refractivity contribution in [3.63, 3.8) is 0 Å². The van der Waals surface area contributed by atoms with Crippen molar-refractivity contribution in [3.8, 4) is 0 Å². The molecule has 2 saturated carbocycles. The minimum atomic E-state index is -4.19. The van der Waals surface area contributed by atoms with Crippen LogP contribution in [-0.4, -0.2) is 30.3 Å². The molecule has 0 radical (unpaired) electrons. The second kappa shape index (κ2) is 5.31. The van der Waals surface area contributed by atoms with Gasteiger partial charge < -0.3 is 10.4 Å². The molecule has 6 heteroatoms. The van der Waals surface area contributed by atoms with Gasteiger partial charge in [-0.15, -0.1) is 0 Å². The van der Waals surface area contributed by atoms with E-state index < -0.39 is 18.0 Å². The lowest BCUT2D eigenvalue weighted by Gasteiger charge is -2.30. The molecule has 0 saturated heterocycles. The largest absolute Gasteiger partial charge is 0.396 e. The van der Waals surface area contributed by atoms with Gasteiger partial charge in [-0.1, -0.05) is 6.42 Å². The van der Waals surface area contributed by atoms with Gasteiger partial charge in [-0.3, -0.25) is 4.79 Å². The van der Waals surface area contributed by atoms with Crippen molar-refractivity contribution in [2.24, 2.45) is 17.3 Å². The van der Waals surface area contributed by atoms with E-state index in [4.69, 9.17) is 5.11 Å². The van der Waals surface area contributed by atoms with Crippen LogP contribution in [0.4, 0.5) is 13.2 Å². The Morgan fingerprint density at radius 3 is 2.53 bits per heavy atom. The van der Waals surface area contributed by atoms with Gasteiger partial charge in [0.25, 0.3) is 0 Å². The maximum Gasteiger partial charge on any atom is 0.391 e. The molecule has 2 aliphatic rings. The number of hydrogen-bond donors (Lipinski definition) is 2. The number of nitrogens with one attached hydrogen (secondary N) is 1. The van der Waals surface area contributed by atoms with Gasteiger partial charge in [0.2, 0.25) is 5.91 Å². The highest BCUT2D eigenvalue weighted by Crippen LogP contribution is 2.44. The van der Waals surface area contributed by atoms with Crippen LogP contribution in [0, 0.1) is 17.3 Å². The first-order valence-electron chi connectivity index (χ1n) is 6.82. The first-order chi connectivity index (χ1) is 8.86. The van der Waals surface area contributed by atoms with Crippen LogP contribution in [0.15, 0.2) is 0 Å². The molecular formula is C13H20F3NO2. The van der Waals surface area contributed by atoms with Crippen molar-refractivity contribution in [2.45, 2.75) is 44.7 Å². The Morgan fingerprint density at radius 1 is 1.32 bits per heavy atom. The summed E-state index contributed by atoms with van der Waals surface area (Å²) in [4.78, 5) is 11.9. The zero-order valence-corrected chi connectivity index (χ0v) is 10.8. The third-order valence-electron chi connectivity index (χ3n) is 4.44. The number of hydrogen-bond acceptors (Lipinski definition) is 2. The topological polar surface area (TPSA) is 49.3 Å². The highest BCUT2D eigenvalue weighted by Gasteiger charge is 2.45. The van der Waals surface area contributed by atoms with Crippen molar-refractivity contribution < 1.29 is 23.1 Å². The van der Waals surface area contributed by atoms with E-state index in [1.807, 2.05) is 0 Å². The first kappa shape index (κ1) is 14.6. The second-order valence-electron chi connectivity index (χ2n) is 5.98. The summed E-state index contributed by atoms with van der Waals surface area (Å²) in [5, 5.41) is 11.8. The summed E-state index contributed by atoms with van der Waals surface area (Å²) >= 11 is 0. The molecule has 2 rings (SSSR count). The Kier molecular flexibility index (Phi) is 4.08. The van der Waals surface area contributed by atoms with Gasteiger partial charge in [-0.2, -0.15) is 13.2 Å². The van der Waals surface area contributed by atoms with Gasteiger partial charge in [0.05, 0.1) is 12.5 Å². The van der Waals surface area contributed by atoms with Gasteiger partial charge in [0.15, 0.2) is 0 Å². The molecular weight excluding hydrogens is 259 g/mol. The van der Waals surface area contributed by atoms with Crippen LogP contribution in [0.25, 0.3) is 0 Å². The molecule has 110 valence electrons. The normalized spacial score (nSPS) is 29.9. The Bertz CT molecular complexity index is 339. The molecule has 0 aromatic heterocycles. The molecule has 2 aliphatic carbocycles. The van der Waals surface area contributed by atoms with Crippen molar-refractivity contribution in [1.29, 1.82) is 0 Å². The van der Waals surface area contributed by atoms with E-state index in [1.54, 1.807) is 0 Å². The molecule has 19 heavy (non-hydrogen) atoms. The summed E-state index contributed by atoms with van der Waals surface area (Å²) in [6.45, 7) is 0.415. The number of rotatable bonds is 4. The molecule has 2 N–H and O–H groups in total. The molecule has 2 fully saturated rings. The predicted molar refractivity (Wildman–Crippen MR) is 63.3 cm³/mol. The van der Waals surface area contributed by atoms with E-state index in [1.165, 1.54) is 0 Å². The average Bonchev–Trinajstić information content (AvgIpc) is 3.16. The summed E-state index contributed by atoms with van der Waals surface area (Å²) in [5.74, 6) is -2.16. The quantitative estimate of drug-likeness (QED) is 0.829. The standard InChI is InChI=1S/C13H20F3NO2/c14-13(15,16)10-3-1-2-9(6-10)11(19)17-7-12(8-18)4-5-12/h9-10,18H,1-8H2,(H,17,19). The lowest BCUT2D eigenvalue weighted by Crippen LogP contribution is -2.40. The third-order valence-corrected chi connectivity index (χ3v) is 4.44.